The van der Waals surface area contributed by atoms with E-state index >= 15 is 0 Å². The quantitative estimate of drug-likeness (QED) is 0.126. The second-order valence-electron chi connectivity index (χ2n) is 20.2. The van der Waals surface area contributed by atoms with Crippen LogP contribution in [0.5, 0.6) is 0 Å². The Labute approximate surface area is 423 Å². The molecule has 62 heavy (non-hydrogen) atoms. The van der Waals surface area contributed by atoms with Crippen LogP contribution in [-0.2, 0) is 48.5 Å². The maximum atomic E-state index is 3.34. The summed E-state index contributed by atoms with van der Waals surface area (Å²) in [6.45, 7) is 38.0. The van der Waals surface area contributed by atoms with Crippen LogP contribution in [0.4, 0.5) is 0 Å². The minimum Gasteiger partial charge on any atom is -1.00 e. The third-order valence-corrected chi connectivity index (χ3v) is 19.6. The third kappa shape index (κ3) is 14.6. The molecule has 0 saturated heterocycles. The fourth-order valence-corrected chi connectivity index (χ4v) is 18.6. The molecule has 0 aliphatic rings. The van der Waals surface area contributed by atoms with Gasteiger partial charge in [0.05, 0.1) is 0 Å². The Morgan fingerprint density at radius 3 is 0.597 bits per heavy atom. The second kappa shape index (κ2) is 24.7. The molecule has 0 spiro atoms. The van der Waals surface area contributed by atoms with Crippen molar-refractivity contribution in [2.75, 3.05) is 0 Å². The van der Waals surface area contributed by atoms with Crippen molar-refractivity contribution in [3.05, 3.63) is 144 Å². The van der Waals surface area contributed by atoms with E-state index in [-0.39, 0.29) is 24.8 Å². The molecule has 0 N–H and O–H groups in total. The number of aryl methyl sites for hydroxylation is 4. The zero-order chi connectivity index (χ0) is 45.4. The molecule has 0 bridgehead atoms. The molecule has 8 aromatic carbocycles. The van der Waals surface area contributed by atoms with Crippen molar-refractivity contribution in [3.8, 4) is 0 Å². The van der Waals surface area contributed by atoms with Crippen molar-refractivity contribution in [1.82, 2.24) is 0 Å². The van der Waals surface area contributed by atoms with Gasteiger partial charge in [0.25, 0.3) is 0 Å². The number of rotatable bonds is 4. The number of fused-ring (bicyclic) bond motifs is 4. The van der Waals surface area contributed by atoms with E-state index in [1.807, 2.05) is 0 Å². The number of halogens is 2. The minimum absolute atomic E-state index is 0. The van der Waals surface area contributed by atoms with Gasteiger partial charge < -0.3 is 24.8 Å². The molecule has 0 fully saturated rings. The zero-order valence-corrected chi connectivity index (χ0v) is 51.1. The average molecular weight is 1090 g/mol. The van der Waals surface area contributed by atoms with Crippen LogP contribution in [0.3, 0.4) is 0 Å². The van der Waals surface area contributed by atoms with Gasteiger partial charge in [0.1, 0.15) is 0 Å². The van der Waals surface area contributed by atoms with Crippen molar-refractivity contribution in [3.63, 3.8) is 0 Å². The number of hydrogen-bond acceptors (Lipinski definition) is 0. The first-order valence-electron chi connectivity index (χ1n) is 21.3. The summed E-state index contributed by atoms with van der Waals surface area (Å²) in [5.41, 5.74) is 5.91. The van der Waals surface area contributed by atoms with Gasteiger partial charge in [-0.1, -0.05) is 131 Å². The summed E-state index contributed by atoms with van der Waals surface area (Å²) in [6, 6.07) is 44.2. The molecule has 8 heteroatoms. The van der Waals surface area contributed by atoms with Crippen molar-refractivity contribution in [2.24, 2.45) is 0 Å². The van der Waals surface area contributed by atoms with Crippen LogP contribution in [0.1, 0.15) is 22.3 Å². The van der Waals surface area contributed by atoms with Gasteiger partial charge >= 0.3 is 56.9 Å². The van der Waals surface area contributed by atoms with Crippen molar-refractivity contribution >= 4 is 105 Å². The molecule has 0 amide bonds. The Morgan fingerprint density at radius 2 is 0.452 bits per heavy atom. The van der Waals surface area contributed by atoms with E-state index in [2.05, 4.69) is 236 Å². The van der Waals surface area contributed by atoms with Gasteiger partial charge in [-0.25, -0.2) is 0 Å². The van der Waals surface area contributed by atoms with E-state index in [9.17, 15) is 0 Å². The van der Waals surface area contributed by atoms with Crippen LogP contribution in [0, 0.1) is 27.7 Å². The number of hydrogen-bond donors (Lipinski definition) is 0. The Bertz CT molecular complexity index is 2250. The maximum Gasteiger partial charge on any atom is -1.00 e. The average Bonchev–Trinajstić information content (AvgIpc) is 3.90. The molecule has 0 saturated carbocycles. The Kier molecular flexibility index (Phi) is 23.2. The van der Waals surface area contributed by atoms with Crippen LogP contribution < -0.4 is 45.6 Å². The molecule has 0 aliphatic carbocycles. The Hall–Kier alpha value is -1.73. The minimum atomic E-state index is -1.19. The van der Waals surface area contributed by atoms with Crippen molar-refractivity contribution in [2.45, 2.75) is 106 Å². The molecule has 0 nitrogen and oxygen atoms in total. The van der Waals surface area contributed by atoms with E-state index in [1.165, 1.54) is 114 Å². The van der Waals surface area contributed by atoms with Gasteiger partial charge in [0.15, 0.2) is 0 Å². The summed E-state index contributed by atoms with van der Waals surface area (Å²) < 4.78 is 6.68. The predicted octanol–water partition coefficient (Wildman–Crippen LogP) is 7.59. The third-order valence-electron chi connectivity index (χ3n) is 11.0. The molecule has 0 unspecified atom stereocenters. The van der Waals surface area contributed by atoms with Crippen LogP contribution in [0.25, 0.3) is 43.1 Å². The Balaban J connectivity index is 0.000000398. The first-order chi connectivity index (χ1) is 28.0. The second-order valence-corrected chi connectivity index (χ2v) is 40.2. The summed E-state index contributed by atoms with van der Waals surface area (Å²) in [4.78, 5) is 0. The molecule has 0 heterocycles. The van der Waals surface area contributed by atoms with Gasteiger partial charge in [0.2, 0.25) is 0 Å². The monoisotopic (exact) mass is 1080 g/mol. The van der Waals surface area contributed by atoms with E-state index in [4.69, 9.17) is 0 Å². The largest absolute Gasteiger partial charge is 1.00 e. The van der Waals surface area contributed by atoms with E-state index < -0.39 is 32.3 Å². The van der Waals surface area contributed by atoms with Crippen LogP contribution in [0.15, 0.2) is 121 Å². The SMILES string of the molecule is Cc1[cH-]c2ccccc2c1[Si](C)(C)C.Cc1[cH-]c2ccccc2c1[Si](C)(C)C.Cc1[cH-]c2ccccc2c1[Si](C)(C)C.Cc1[cH-]c2ccccc2c1[Si](C)(C)C.[CH2]=[Zr+2].[CH2]=[Zr+2].[Cl-].[Cl-]. The zero-order valence-electron chi connectivity index (χ0n) is 40.7. The number of benzene rings is 4. The van der Waals surface area contributed by atoms with Crippen LogP contribution in [0.2, 0.25) is 78.6 Å². The molecule has 8 aromatic rings. The molecule has 0 aromatic heterocycles. The fourth-order valence-electron chi connectivity index (χ4n) is 9.46. The molecule has 328 valence electrons. The molecular weight excluding hydrogens is 1010 g/mol. The molecule has 0 radical (unpaired) electrons. The predicted molar refractivity (Wildman–Crippen MR) is 283 cm³/mol. The summed E-state index contributed by atoms with van der Waals surface area (Å²) in [7, 11) is -4.76. The first kappa shape index (κ1) is 58.3. The summed E-state index contributed by atoms with van der Waals surface area (Å²) >= 11 is 2.60. The summed E-state index contributed by atoms with van der Waals surface area (Å²) in [5, 5.41) is 18.1. The molecular formula is C54H72Cl2Si4Zr2-2. The summed E-state index contributed by atoms with van der Waals surface area (Å²) in [6.07, 6.45) is 0. The van der Waals surface area contributed by atoms with E-state index in [1.54, 1.807) is 20.7 Å². The summed E-state index contributed by atoms with van der Waals surface area (Å²) in [5.74, 6) is 0. The Morgan fingerprint density at radius 1 is 0.306 bits per heavy atom. The molecule has 8 rings (SSSR count). The van der Waals surface area contributed by atoms with Gasteiger partial charge in [-0.05, 0) is 0 Å². The van der Waals surface area contributed by atoms with Crippen molar-refractivity contribution in [1.29, 1.82) is 0 Å². The maximum absolute atomic E-state index is 3.34. The molecule has 0 atom stereocenters. The smallest absolute Gasteiger partial charge is 1.00 e. The standard InChI is InChI=1S/4C13H17Si.2CH2.2ClH.2Zr/c4*1-10-9-11-7-5-6-8-12(11)13(10)14(2,3)4;;;;;;/h4*5-9H,1-4H3;2*1H2;2*1H;;/q4*-1;;;;;2*+2/p-2. The normalized spacial score (nSPS) is 11.3. The van der Waals surface area contributed by atoms with Gasteiger partial charge in [-0.2, -0.15) is 20.7 Å². The van der Waals surface area contributed by atoms with E-state index in [0.29, 0.717) is 0 Å². The topological polar surface area (TPSA) is 0 Å². The van der Waals surface area contributed by atoms with Crippen LogP contribution >= 0.6 is 0 Å². The van der Waals surface area contributed by atoms with Crippen LogP contribution in [-0.4, -0.2) is 40.7 Å². The van der Waals surface area contributed by atoms with Gasteiger partial charge in [-0.3, -0.25) is 0 Å². The van der Waals surface area contributed by atoms with Gasteiger partial charge in [0, 0.05) is 32.3 Å². The van der Waals surface area contributed by atoms with Crippen molar-refractivity contribution < 1.29 is 73.3 Å². The van der Waals surface area contributed by atoms with E-state index in [0.717, 1.165) is 0 Å². The molecule has 0 aliphatic heterocycles. The van der Waals surface area contributed by atoms with Gasteiger partial charge in [-0.15, -0.1) is 162 Å². The fraction of sp³-hybridized carbons (Fsp3) is 0.296. The first-order valence-corrected chi connectivity index (χ1v) is 38.8.